The van der Waals surface area contributed by atoms with Crippen molar-refractivity contribution in [3.05, 3.63) is 29.9 Å². The predicted molar refractivity (Wildman–Crippen MR) is 46.1 cm³/mol. The van der Waals surface area contributed by atoms with Gasteiger partial charge in [0.25, 0.3) is 0 Å². The topological polar surface area (TPSA) is 25.8 Å². The van der Waals surface area contributed by atoms with Crippen molar-refractivity contribution in [1.29, 1.82) is 0 Å². The Morgan fingerprint density at radius 1 is 1.36 bits per heavy atom. The zero-order valence-corrected chi connectivity index (χ0v) is 7.13. The summed E-state index contributed by atoms with van der Waals surface area (Å²) < 4.78 is 0. The summed E-state index contributed by atoms with van der Waals surface area (Å²) in [6, 6.07) is 0. The summed E-state index contributed by atoms with van der Waals surface area (Å²) in [4.78, 5) is 8.36. The van der Waals surface area contributed by atoms with Gasteiger partial charge in [0, 0.05) is 6.20 Å². The smallest absolute Gasteiger partial charge is 0.0838 e. The third kappa shape index (κ3) is 1.87. The second kappa shape index (κ2) is 3.28. The highest BCUT2D eigenvalue weighted by atomic mass is 14.8. The van der Waals surface area contributed by atoms with Crippen LogP contribution in [0.25, 0.3) is 5.57 Å². The number of aryl methyl sites for hydroxylation is 1. The highest BCUT2D eigenvalue weighted by Gasteiger charge is 1.94. The first-order valence-corrected chi connectivity index (χ1v) is 3.66. The van der Waals surface area contributed by atoms with Gasteiger partial charge >= 0.3 is 0 Å². The van der Waals surface area contributed by atoms with Gasteiger partial charge in [-0.2, -0.15) is 0 Å². The highest BCUT2D eigenvalue weighted by Crippen LogP contribution is 2.07. The molecule has 0 aliphatic carbocycles. The largest absolute Gasteiger partial charge is 0.258 e. The lowest BCUT2D eigenvalue weighted by atomic mass is 10.2. The van der Waals surface area contributed by atoms with Gasteiger partial charge in [0.1, 0.15) is 0 Å². The standard InChI is InChI=1S/C9H12N2/c1-4-7(2)9-6-10-8(3)5-11-9/h4-6H,1-3H3. The molecule has 0 aliphatic rings. The zero-order chi connectivity index (χ0) is 8.27. The van der Waals surface area contributed by atoms with Crippen molar-refractivity contribution in [2.24, 2.45) is 0 Å². The zero-order valence-electron chi connectivity index (χ0n) is 7.13. The van der Waals surface area contributed by atoms with Gasteiger partial charge < -0.3 is 0 Å². The minimum absolute atomic E-state index is 0.956. The summed E-state index contributed by atoms with van der Waals surface area (Å²) in [5, 5.41) is 0. The van der Waals surface area contributed by atoms with Crippen LogP contribution < -0.4 is 0 Å². The fourth-order valence-corrected chi connectivity index (χ4v) is 0.744. The van der Waals surface area contributed by atoms with Gasteiger partial charge in [-0.25, -0.2) is 0 Å². The van der Waals surface area contributed by atoms with Crippen LogP contribution in [0.4, 0.5) is 0 Å². The average Bonchev–Trinajstić information content (AvgIpc) is 2.05. The van der Waals surface area contributed by atoms with E-state index in [1.807, 2.05) is 26.8 Å². The molecule has 0 fully saturated rings. The Labute approximate surface area is 67.0 Å². The fraction of sp³-hybridized carbons (Fsp3) is 0.333. The first kappa shape index (κ1) is 7.92. The molecule has 0 N–H and O–H groups in total. The lowest BCUT2D eigenvalue weighted by Crippen LogP contribution is -1.89. The number of nitrogens with zero attached hydrogens (tertiary/aromatic N) is 2. The van der Waals surface area contributed by atoms with Gasteiger partial charge in [-0.05, 0) is 26.3 Å². The van der Waals surface area contributed by atoms with E-state index < -0.39 is 0 Å². The molecule has 0 atom stereocenters. The first-order valence-electron chi connectivity index (χ1n) is 3.66. The monoisotopic (exact) mass is 148 g/mol. The Bertz CT molecular complexity index is 259. The van der Waals surface area contributed by atoms with Crippen molar-refractivity contribution in [3.8, 4) is 0 Å². The maximum atomic E-state index is 4.22. The second-order valence-corrected chi connectivity index (χ2v) is 2.51. The van der Waals surface area contributed by atoms with Crippen LogP contribution in [0.3, 0.4) is 0 Å². The number of allylic oxidation sites excluding steroid dienone is 2. The van der Waals surface area contributed by atoms with Crippen molar-refractivity contribution in [2.45, 2.75) is 20.8 Å². The maximum absolute atomic E-state index is 4.22. The molecule has 0 radical (unpaired) electrons. The van der Waals surface area contributed by atoms with Crippen LogP contribution in [0.1, 0.15) is 25.2 Å². The van der Waals surface area contributed by atoms with E-state index in [0.29, 0.717) is 0 Å². The SMILES string of the molecule is CC=C(C)c1cnc(C)cn1. The molecule has 58 valence electrons. The quantitative estimate of drug-likeness (QED) is 0.610. The van der Waals surface area contributed by atoms with Gasteiger partial charge in [-0.3, -0.25) is 9.97 Å². The van der Waals surface area contributed by atoms with Crippen molar-refractivity contribution in [1.82, 2.24) is 9.97 Å². The summed E-state index contributed by atoms with van der Waals surface area (Å²) in [6.45, 7) is 5.96. The minimum Gasteiger partial charge on any atom is -0.258 e. The molecule has 0 saturated carbocycles. The molecule has 0 amide bonds. The van der Waals surface area contributed by atoms with Crippen molar-refractivity contribution in [2.75, 3.05) is 0 Å². The van der Waals surface area contributed by atoms with E-state index >= 15 is 0 Å². The van der Waals surface area contributed by atoms with Crippen LogP contribution in [0.2, 0.25) is 0 Å². The number of hydrogen-bond acceptors (Lipinski definition) is 2. The van der Waals surface area contributed by atoms with Crippen LogP contribution in [0.15, 0.2) is 18.5 Å². The number of aromatic nitrogens is 2. The summed E-state index contributed by atoms with van der Waals surface area (Å²) in [6.07, 6.45) is 5.60. The molecule has 2 heteroatoms. The van der Waals surface area contributed by atoms with E-state index in [-0.39, 0.29) is 0 Å². The Morgan fingerprint density at radius 3 is 2.55 bits per heavy atom. The average molecular weight is 148 g/mol. The molecule has 0 unspecified atom stereocenters. The molecule has 2 nitrogen and oxygen atoms in total. The molecule has 11 heavy (non-hydrogen) atoms. The molecule has 0 saturated heterocycles. The fourth-order valence-electron chi connectivity index (χ4n) is 0.744. The van der Waals surface area contributed by atoms with Crippen LogP contribution in [-0.2, 0) is 0 Å². The van der Waals surface area contributed by atoms with Gasteiger partial charge in [-0.15, -0.1) is 0 Å². The van der Waals surface area contributed by atoms with E-state index in [4.69, 9.17) is 0 Å². The Morgan fingerprint density at radius 2 is 2.09 bits per heavy atom. The van der Waals surface area contributed by atoms with Crippen LogP contribution in [0, 0.1) is 6.92 Å². The lowest BCUT2D eigenvalue weighted by molar-refractivity contribution is 1.09. The van der Waals surface area contributed by atoms with Crippen molar-refractivity contribution >= 4 is 5.57 Å². The van der Waals surface area contributed by atoms with Crippen LogP contribution in [-0.4, -0.2) is 9.97 Å². The van der Waals surface area contributed by atoms with Gasteiger partial charge in [-0.1, -0.05) is 6.08 Å². The van der Waals surface area contributed by atoms with Crippen molar-refractivity contribution in [3.63, 3.8) is 0 Å². The maximum Gasteiger partial charge on any atom is 0.0838 e. The second-order valence-electron chi connectivity index (χ2n) is 2.51. The van der Waals surface area contributed by atoms with Crippen LogP contribution >= 0.6 is 0 Å². The molecule has 1 rings (SSSR count). The molecule has 0 bridgehead atoms. The molecule has 0 aliphatic heterocycles. The van der Waals surface area contributed by atoms with Crippen LogP contribution in [0.5, 0.6) is 0 Å². The Balaban J connectivity index is 2.99. The summed E-state index contributed by atoms with van der Waals surface area (Å²) in [7, 11) is 0. The molecular formula is C9H12N2. The Hall–Kier alpha value is -1.18. The van der Waals surface area contributed by atoms with Gasteiger partial charge in [0.15, 0.2) is 0 Å². The molecule has 0 aromatic carbocycles. The van der Waals surface area contributed by atoms with E-state index in [1.54, 1.807) is 12.4 Å². The Kier molecular flexibility index (Phi) is 2.36. The van der Waals surface area contributed by atoms with Gasteiger partial charge in [0.05, 0.1) is 17.6 Å². The normalized spacial score (nSPS) is 11.7. The van der Waals surface area contributed by atoms with E-state index in [1.165, 1.54) is 0 Å². The summed E-state index contributed by atoms with van der Waals surface area (Å²) in [5.74, 6) is 0. The van der Waals surface area contributed by atoms with Crippen molar-refractivity contribution < 1.29 is 0 Å². The number of hydrogen-bond donors (Lipinski definition) is 0. The predicted octanol–water partition coefficient (Wildman–Crippen LogP) is 2.21. The summed E-state index contributed by atoms with van der Waals surface area (Å²) in [5.41, 5.74) is 3.08. The minimum atomic E-state index is 0.956. The van der Waals surface area contributed by atoms with E-state index in [9.17, 15) is 0 Å². The molecule has 1 aromatic heterocycles. The first-order chi connectivity index (χ1) is 5.24. The van der Waals surface area contributed by atoms with E-state index in [0.717, 1.165) is 17.0 Å². The highest BCUT2D eigenvalue weighted by molar-refractivity contribution is 5.58. The molecular weight excluding hydrogens is 136 g/mol. The van der Waals surface area contributed by atoms with E-state index in [2.05, 4.69) is 9.97 Å². The number of rotatable bonds is 1. The molecule has 1 aromatic rings. The lowest BCUT2D eigenvalue weighted by Gasteiger charge is -1.97. The molecule has 0 spiro atoms. The third-order valence-corrected chi connectivity index (χ3v) is 1.62. The third-order valence-electron chi connectivity index (χ3n) is 1.62. The van der Waals surface area contributed by atoms with Gasteiger partial charge in [0.2, 0.25) is 0 Å². The summed E-state index contributed by atoms with van der Waals surface area (Å²) >= 11 is 0. The molecule has 1 heterocycles.